The van der Waals surface area contributed by atoms with Crippen molar-refractivity contribution >= 4 is 18.0 Å². The number of ether oxygens (including phenoxy) is 2. The second-order valence-electron chi connectivity index (χ2n) is 6.74. The highest BCUT2D eigenvalue weighted by molar-refractivity contribution is 5.70. The number of esters is 1. The summed E-state index contributed by atoms with van der Waals surface area (Å²) in [6, 6.07) is 0. The molecule has 7 nitrogen and oxygen atoms in total. The first-order chi connectivity index (χ1) is 11.3. The van der Waals surface area contributed by atoms with Gasteiger partial charge in [-0.3, -0.25) is 9.59 Å². The van der Waals surface area contributed by atoms with Crippen LogP contribution in [0.15, 0.2) is 11.6 Å². The third-order valence-corrected chi connectivity index (χ3v) is 4.97. The zero-order valence-electron chi connectivity index (χ0n) is 14.3. The number of carboxylic acid groups (broad SMARTS) is 1. The number of alkyl carbamates (subject to hydrolysis) is 1. The number of hydrogen-bond acceptors (Lipinski definition) is 5. The van der Waals surface area contributed by atoms with E-state index in [0.29, 0.717) is 5.92 Å². The second-order valence-corrected chi connectivity index (χ2v) is 6.74. The second kappa shape index (κ2) is 7.23. The maximum absolute atomic E-state index is 11.8. The predicted octanol–water partition coefficient (Wildman–Crippen LogP) is 2.46. The van der Waals surface area contributed by atoms with Crippen LogP contribution in [0.25, 0.3) is 0 Å². The van der Waals surface area contributed by atoms with Gasteiger partial charge in [0.1, 0.15) is 0 Å². The van der Waals surface area contributed by atoms with Gasteiger partial charge in [-0.2, -0.15) is 0 Å². The molecule has 0 aromatic carbocycles. The summed E-state index contributed by atoms with van der Waals surface area (Å²) in [6.07, 6.45) is 3.29. The first kappa shape index (κ1) is 18.3. The van der Waals surface area contributed by atoms with Gasteiger partial charge in [-0.1, -0.05) is 18.6 Å². The van der Waals surface area contributed by atoms with E-state index in [1.165, 1.54) is 19.4 Å². The van der Waals surface area contributed by atoms with Crippen LogP contribution < -0.4 is 5.32 Å². The molecular weight excluding hydrogens is 314 g/mol. The van der Waals surface area contributed by atoms with Crippen LogP contribution in [0.3, 0.4) is 0 Å². The molecule has 2 aliphatic carbocycles. The van der Waals surface area contributed by atoms with Crippen molar-refractivity contribution in [2.75, 3.05) is 6.54 Å². The Balaban J connectivity index is 1.94. The fraction of sp³-hybridized carbons (Fsp3) is 0.706. The monoisotopic (exact) mass is 339 g/mol. The van der Waals surface area contributed by atoms with Gasteiger partial charge in [-0.15, -0.1) is 0 Å². The molecule has 0 unspecified atom stereocenters. The molecule has 1 saturated carbocycles. The first-order valence-corrected chi connectivity index (χ1v) is 8.29. The average molecular weight is 339 g/mol. The number of nitrogens with one attached hydrogen (secondary N) is 1. The van der Waals surface area contributed by atoms with E-state index in [4.69, 9.17) is 9.47 Å². The molecule has 0 bridgehead atoms. The highest BCUT2D eigenvalue weighted by Gasteiger charge is 2.55. The topological polar surface area (TPSA) is 102 Å². The van der Waals surface area contributed by atoms with Crippen LogP contribution in [-0.2, 0) is 19.1 Å². The Labute approximate surface area is 141 Å². The number of fused-ring (bicyclic) bond motifs is 1. The predicted molar refractivity (Wildman–Crippen MR) is 85.0 cm³/mol. The maximum atomic E-state index is 11.8. The van der Waals surface area contributed by atoms with Crippen molar-refractivity contribution in [3.05, 3.63) is 11.6 Å². The Morgan fingerprint density at radius 3 is 2.71 bits per heavy atom. The SMILES string of the molecule is CCC1=C[C@H]2[C@@H](C1)C[C@@]2(CNC(=O)O[C@@H](C)OC(C)=O)CC(=O)O. The molecule has 4 atom stereocenters. The van der Waals surface area contributed by atoms with Crippen molar-refractivity contribution in [1.82, 2.24) is 5.32 Å². The van der Waals surface area contributed by atoms with Crippen molar-refractivity contribution in [3.63, 3.8) is 0 Å². The Hall–Kier alpha value is -2.05. The lowest BCUT2D eigenvalue weighted by molar-refractivity contribution is -0.162. The van der Waals surface area contributed by atoms with Crippen LogP contribution in [0.5, 0.6) is 0 Å². The minimum atomic E-state index is -0.981. The quantitative estimate of drug-likeness (QED) is 0.420. The van der Waals surface area contributed by atoms with Gasteiger partial charge in [0.05, 0.1) is 6.42 Å². The Morgan fingerprint density at radius 2 is 2.12 bits per heavy atom. The molecule has 1 fully saturated rings. The number of amides is 1. The zero-order chi connectivity index (χ0) is 17.9. The maximum Gasteiger partial charge on any atom is 0.410 e. The summed E-state index contributed by atoms with van der Waals surface area (Å²) in [5, 5.41) is 11.9. The van der Waals surface area contributed by atoms with Crippen molar-refractivity contribution in [1.29, 1.82) is 0 Å². The Morgan fingerprint density at radius 1 is 1.42 bits per heavy atom. The van der Waals surface area contributed by atoms with Crippen LogP contribution in [-0.4, -0.2) is 36.0 Å². The van der Waals surface area contributed by atoms with Gasteiger partial charge in [-0.05, 0) is 31.1 Å². The molecule has 0 radical (unpaired) electrons. The third kappa shape index (κ3) is 4.07. The Bertz CT molecular complexity index is 557. The summed E-state index contributed by atoms with van der Waals surface area (Å²) in [4.78, 5) is 33.9. The highest BCUT2D eigenvalue weighted by Crippen LogP contribution is 2.59. The molecule has 1 amide bonds. The molecule has 2 aliphatic rings. The van der Waals surface area contributed by atoms with Gasteiger partial charge in [0, 0.05) is 25.8 Å². The smallest absolute Gasteiger partial charge is 0.410 e. The lowest BCUT2D eigenvalue weighted by atomic mass is 9.53. The minimum Gasteiger partial charge on any atom is -0.481 e. The van der Waals surface area contributed by atoms with Crippen LogP contribution in [0, 0.1) is 17.3 Å². The summed E-state index contributed by atoms with van der Waals surface area (Å²) >= 11 is 0. The molecule has 0 saturated heterocycles. The standard InChI is InChI=1S/C17H25NO6/c1-4-12-5-13-7-17(8-15(20)21,14(13)6-12)9-18-16(22)24-11(3)23-10(2)19/h6,11,13-14H,4-5,7-9H2,1-3H3,(H,18,22)(H,20,21)/t11-,13-,14-,17-/m0/s1. The number of carboxylic acids is 1. The largest absolute Gasteiger partial charge is 0.481 e. The number of rotatable bonds is 7. The van der Waals surface area contributed by atoms with E-state index in [9.17, 15) is 19.5 Å². The van der Waals surface area contributed by atoms with Gasteiger partial charge in [0.25, 0.3) is 0 Å². The van der Waals surface area contributed by atoms with E-state index in [1.54, 1.807) is 0 Å². The van der Waals surface area contributed by atoms with Crippen molar-refractivity contribution < 1.29 is 29.0 Å². The Kier molecular flexibility index (Phi) is 5.51. The average Bonchev–Trinajstić information content (AvgIpc) is 2.80. The van der Waals surface area contributed by atoms with E-state index in [2.05, 4.69) is 18.3 Å². The molecule has 0 aromatic heterocycles. The molecule has 0 spiro atoms. The zero-order valence-corrected chi connectivity index (χ0v) is 14.3. The molecule has 2 rings (SSSR count). The lowest BCUT2D eigenvalue weighted by Gasteiger charge is -2.51. The van der Waals surface area contributed by atoms with Crippen molar-refractivity contribution in [2.24, 2.45) is 17.3 Å². The molecule has 24 heavy (non-hydrogen) atoms. The number of carbonyl (C=O) groups excluding carboxylic acids is 2. The van der Waals surface area contributed by atoms with Gasteiger partial charge < -0.3 is 19.9 Å². The van der Waals surface area contributed by atoms with Gasteiger partial charge in [-0.25, -0.2) is 4.79 Å². The van der Waals surface area contributed by atoms with Gasteiger partial charge in [0.2, 0.25) is 6.29 Å². The summed E-state index contributed by atoms with van der Waals surface area (Å²) in [5.74, 6) is -0.732. The van der Waals surface area contributed by atoms with E-state index >= 15 is 0 Å². The number of allylic oxidation sites excluding steroid dienone is 2. The molecule has 0 aromatic rings. The van der Waals surface area contributed by atoms with Crippen molar-refractivity contribution in [3.8, 4) is 0 Å². The third-order valence-electron chi connectivity index (χ3n) is 4.97. The highest BCUT2D eigenvalue weighted by atomic mass is 16.7. The van der Waals surface area contributed by atoms with E-state index in [1.807, 2.05) is 0 Å². The minimum absolute atomic E-state index is 0.0153. The van der Waals surface area contributed by atoms with Crippen LogP contribution in [0.2, 0.25) is 0 Å². The first-order valence-electron chi connectivity index (χ1n) is 8.29. The van der Waals surface area contributed by atoms with E-state index in [0.717, 1.165) is 19.3 Å². The number of hydrogen-bond donors (Lipinski definition) is 2. The molecule has 0 aliphatic heterocycles. The van der Waals surface area contributed by atoms with Crippen LogP contribution in [0.4, 0.5) is 4.79 Å². The van der Waals surface area contributed by atoms with E-state index in [-0.39, 0.29) is 18.9 Å². The number of carbonyl (C=O) groups is 3. The van der Waals surface area contributed by atoms with Crippen LogP contribution in [0.1, 0.15) is 46.5 Å². The lowest BCUT2D eigenvalue weighted by Crippen LogP contribution is -2.53. The van der Waals surface area contributed by atoms with Crippen molar-refractivity contribution in [2.45, 2.75) is 52.7 Å². The molecule has 134 valence electrons. The van der Waals surface area contributed by atoms with Crippen LogP contribution >= 0.6 is 0 Å². The summed E-state index contributed by atoms with van der Waals surface area (Å²) in [6.45, 7) is 5.01. The normalized spacial score (nSPS) is 28.9. The summed E-state index contributed by atoms with van der Waals surface area (Å²) in [7, 11) is 0. The van der Waals surface area contributed by atoms with Gasteiger partial charge >= 0.3 is 18.0 Å². The fourth-order valence-electron chi connectivity index (χ4n) is 4.00. The molecule has 7 heteroatoms. The molecular formula is C17H25NO6. The molecule has 2 N–H and O–H groups in total. The number of aliphatic carboxylic acids is 1. The fourth-order valence-corrected chi connectivity index (χ4v) is 4.00. The molecule has 0 heterocycles. The van der Waals surface area contributed by atoms with Gasteiger partial charge in [0.15, 0.2) is 0 Å². The summed E-state index contributed by atoms with van der Waals surface area (Å²) in [5.41, 5.74) is 0.903. The summed E-state index contributed by atoms with van der Waals surface area (Å²) < 4.78 is 9.66. The van der Waals surface area contributed by atoms with E-state index < -0.39 is 29.7 Å².